The van der Waals surface area contributed by atoms with Crippen molar-refractivity contribution in [1.29, 1.82) is 0 Å². The summed E-state index contributed by atoms with van der Waals surface area (Å²) < 4.78 is 5.19. The fourth-order valence-corrected chi connectivity index (χ4v) is 4.57. The lowest BCUT2D eigenvalue weighted by molar-refractivity contribution is -0.121. The number of likely N-dealkylation sites (N-methyl/N-ethyl adjacent to an activating group) is 1. The van der Waals surface area contributed by atoms with Crippen LogP contribution in [0.25, 0.3) is 10.4 Å². The maximum absolute atomic E-state index is 12.8. The molecule has 2 heterocycles. The number of fused-ring (bicyclic) bond motifs is 3. The number of nitrogens with one attached hydrogen (secondary N) is 1. The Labute approximate surface area is 161 Å². The summed E-state index contributed by atoms with van der Waals surface area (Å²) >= 11 is 1.52. The fraction of sp³-hybridized carbons (Fsp3) is 0.238. The number of amides is 2. The average molecular weight is 380 g/mol. The molecule has 0 aliphatic heterocycles. The number of rotatable bonds is 5. The molecule has 0 saturated carbocycles. The number of nitrogens with zero attached hydrogens (tertiary/aromatic N) is 1. The van der Waals surface area contributed by atoms with Gasteiger partial charge in [-0.25, -0.2) is 0 Å². The molecule has 6 heteroatoms. The second-order valence-corrected chi connectivity index (χ2v) is 7.69. The molecule has 1 aliphatic rings. The Kier molecular flexibility index (Phi) is 4.81. The zero-order valence-corrected chi connectivity index (χ0v) is 15.8. The highest BCUT2D eigenvalue weighted by Gasteiger charge is 2.23. The quantitative estimate of drug-likeness (QED) is 0.737. The van der Waals surface area contributed by atoms with Gasteiger partial charge in [-0.1, -0.05) is 24.3 Å². The molecule has 3 aromatic rings. The third-order valence-electron chi connectivity index (χ3n) is 4.71. The van der Waals surface area contributed by atoms with Gasteiger partial charge < -0.3 is 14.6 Å². The van der Waals surface area contributed by atoms with Gasteiger partial charge in [0.25, 0.3) is 5.91 Å². The second-order valence-electron chi connectivity index (χ2n) is 6.64. The van der Waals surface area contributed by atoms with Crippen molar-refractivity contribution in [1.82, 2.24) is 10.2 Å². The Morgan fingerprint density at radius 2 is 1.96 bits per heavy atom. The lowest BCUT2D eigenvalue weighted by atomic mass is 9.91. The molecule has 0 bridgehead atoms. The van der Waals surface area contributed by atoms with Gasteiger partial charge in [0.2, 0.25) is 5.91 Å². The van der Waals surface area contributed by atoms with Gasteiger partial charge in [0.15, 0.2) is 0 Å². The van der Waals surface area contributed by atoms with Crippen molar-refractivity contribution in [3.8, 4) is 10.4 Å². The first kappa shape index (κ1) is 17.5. The maximum atomic E-state index is 12.8. The van der Waals surface area contributed by atoms with Gasteiger partial charge in [-0.2, -0.15) is 0 Å². The van der Waals surface area contributed by atoms with E-state index in [1.807, 2.05) is 12.1 Å². The zero-order chi connectivity index (χ0) is 18.8. The molecule has 1 N–H and O–H groups in total. The third kappa shape index (κ3) is 3.66. The van der Waals surface area contributed by atoms with Gasteiger partial charge in [0.1, 0.15) is 5.76 Å². The standard InChI is InChI=1S/C21H20N2O3S/c1-23(13-19(24)22-12-16-6-4-10-26-16)21(25)18-11-15-9-8-14-5-2-3-7-17(14)20(15)27-18/h2-7,10-11H,8-9,12-13H2,1H3,(H,22,24). The zero-order valence-electron chi connectivity index (χ0n) is 15.0. The molecule has 0 spiro atoms. The van der Waals surface area contributed by atoms with Crippen LogP contribution in [-0.2, 0) is 24.2 Å². The number of furan rings is 1. The molecule has 0 saturated heterocycles. The Balaban J connectivity index is 1.43. The van der Waals surface area contributed by atoms with Crippen molar-refractivity contribution in [2.75, 3.05) is 13.6 Å². The van der Waals surface area contributed by atoms with E-state index in [0.717, 1.165) is 12.8 Å². The Hall–Kier alpha value is -2.86. The molecule has 2 amide bonds. The smallest absolute Gasteiger partial charge is 0.264 e. The van der Waals surface area contributed by atoms with Crippen molar-refractivity contribution in [3.63, 3.8) is 0 Å². The first-order valence-electron chi connectivity index (χ1n) is 8.87. The van der Waals surface area contributed by atoms with Crippen molar-refractivity contribution in [3.05, 3.63) is 70.5 Å². The van der Waals surface area contributed by atoms with Crippen molar-refractivity contribution in [2.45, 2.75) is 19.4 Å². The van der Waals surface area contributed by atoms with E-state index in [2.05, 4.69) is 23.5 Å². The van der Waals surface area contributed by atoms with Crippen LogP contribution in [0.15, 0.2) is 53.1 Å². The van der Waals surface area contributed by atoms with Crippen LogP contribution in [-0.4, -0.2) is 30.3 Å². The van der Waals surface area contributed by atoms with E-state index >= 15 is 0 Å². The predicted molar refractivity (Wildman–Crippen MR) is 105 cm³/mol. The van der Waals surface area contributed by atoms with Gasteiger partial charge in [0.05, 0.1) is 24.2 Å². The lowest BCUT2D eigenvalue weighted by Crippen LogP contribution is -2.37. The van der Waals surface area contributed by atoms with E-state index in [-0.39, 0.29) is 18.4 Å². The van der Waals surface area contributed by atoms with Crippen LogP contribution < -0.4 is 5.32 Å². The van der Waals surface area contributed by atoms with Gasteiger partial charge in [-0.3, -0.25) is 9.59 Å². The molecule has 0 unspecified atom stereocenters. The summed E-state index contributed by atoms with van der Waals surface area (Å²) in [4.78, 5) is 28.2. The highest BCUT2D eigenvalue weighted by molar-refractivity contribution is 7.17. The van der Waals surface area contributed by atoms with Crippen molar-refractivity contribution < 1.29 is 14.0 Å². The summed E-state index contributed by atoms with van der Waals surface area (Å²) in [5, 5.41) is 2.76. The topological polar surface area (TPSA) is 62.6 Å². The molecular formula is C21H20N2O3S. The predicted octanol–water partition coefficient (Wildman–Crippen LogP) is 3.50. The minimum atomic E-state index is -0.214. The fourth-order valence-electron chi connectivity index (χ4n) is 3.31. The molecule has 27 heavy (non-hydrogen) atoms. The monoisotopic (exact) mass is 380 g/mol. The molecule has 2 aromatic heterocycles. The SMILES string of the molecule is CN(CC(=O)NCc1ccco1)C(=O)c1cc2c(s1)-c1ccccc1CC2. The average Bonchev–Trinajstić information content (AvgIpc) is 3.35. The molecule has 0 atom stereocenters. The molecular weight excluding hydrogens is 360 g/mol. The van der Waals surface area contributed by atoms with E-state index in [1.165, 1.54) is 37.8 Å². The first-order valence-corrected chi connectivity index (χ1v) is 9.69. The molecule has 0 fully saturated rings. The van der Waals surface area contributed by atoms with E-state index in [4.69, 9.17) is 4.42 Å². The third-order valence-corrected chi connectivity index (χ3v) is 5.91. The molecule has 1 aliphatic carbocycles. The first-order chi connectivity index (χ1) is 13.1. The van der Waals surface area contributed by atoms with Crippen LogP contribution in [0.2, 0.25) is 0 Å². The van der Waals surface area contributed by atoms with Crippen LogP contribution in [0, 0.1) is 0 Å². The van der Waals surface area contributed by atoms with Gasteiger partial charge >= 0.3 is 0 Å². The van der Waals surface area contributed by atoms with Gasteiger partial charge in [-0.15, -0.1) is 11.3 Å². The minimum Gasteiger partial charge on any atom is -0.467 e. The number of carbonyl (C=O) groups is 2. The summed E-state index contributed by atoms with van der Waals surface area (Å²) in [6.45, 7) is 0.330. The van der Waals surface area contributed by atoms with Crippen LogP contribution in [0.3, 0.4) is 0 Å². The Bertz CT molecular complexity index is 975. The van der Waals surface area contributed by atoms with Gasteiger partial charge in [0, 0.05) is 11.9 Å². The Morgan fingerprint density at radius 3 is 2.78 bits per heavy atom. The highest BCUT2D eigenvalue weighted by atomic mass is 32.1. The summed E-state index contributed by atoms with van der Waals surface area (Å²) in [5.41, 5.74) is 3.77. The summed E-state index contributed by atoms with van der Waals surface area (Å²) in [6.07, 6.45) is 3.51. The van der Waals surface area contributed by atoms with Crippen molar-refractivity contribution >= 4 is 23.2 Å². The molecule has 5 nitrogen and oxygen atoms in total. The lowest BCUT2D eigenvalue weighted by Gasteiger charge is -2.15. The second kappa shape index (κ2) is 7.40. The number of hydrogen-bond donors (Lipinski definition) is 1. The molecule has 138 valence electrons. The summed E-state index contributed by atoms with van der Waals surface area (Å²) in [6, 6.07) is 13.9. The summed E-state index contributed by atoms with van der Waals surface area (Å²) in [5.74, 6) is 0.343. The maximum Gasteiger partial charge on any atom is 0.264 e. The molecule has 0 radical (unpaired) electrons. The van der Waals surface area contributed by atoms with Crippen LogP contribution in [0.4, 0.5) is 0 Å². The number of aryl methyl sites for hydroxylation is 2. The molecule has 1 aromatic carbocycles. The Morgan fingerprint density at radius 1 is 1.15 bits per heavy atom. The van der Waals surface area contributed by atoms with Crippen molar-refractivity contribution in [2.24, 2.45) is 0 Å². The number of carbonyl (C=O) groups excluding carboxylic acids is 2. The minimum absolute atomic E-state index is 0.0126. The molecule has 4 rings (SSSR count). The van der Waals surface area contributed by atoms with E-state index in [1.54, 1.807) is 25.4 Å². The normalized spacial score (nSPS) is 12.2. The van der Waals surface area contributed by atoms with E-state index < -0.39 is 0 Å². The van der Waals surface area contributed by atoms with Crippen LogP contribution in [0.1, 0.15) is 26.6 Å². The number of thiophene rings is 1. The number of hydrogen-bond acceptors (Lipinski definition) is 4. The summed E-state index contributed by atoms with van der Waals surface area (Å²) in [7, 11) is 1.65. The van der Waals surface area contributed by atoms with Gasteiger partial charge in [-0.05, 0) is 47.7 Å². The van der Waals surface area contributed by atoms with Crippen LogP contribution in [0.5, 0.6) is 0 Å². The van der Waals surface area contributed by atoms with Crippen LogP contribution >= 0.6 is 11.3 Å². The highest BCUT2D eigenvalue weighted by Crippen LogP contribution is 2.39. The number of benzene rings is 1. The largest absolute Gasteiger partial charge is 0.467 e. The van der Waals surface area contributed by atoms with E-state index in [9.17, 15) is 9.59 Å². The van der Waals surface area contributed by atoms with E-state index in [0.29, 0.717) is 17.2 Å².